The monoisotopic (exact) mass is 500 g/mol. The molecular formula is C20H26FIN4O2. The van der Waals surface area contributed by atoms with Gasteiger partial charge in [-0.25, -0.2) is 9.38 Å². The van der Waals surface area contributed by atoms with Gasteiger partial charge in [-0.1, -0.05) is 18.2 Å². The number of amides is 1. The summed E-state index contributed by atoms with van der Waals surface area (Å²) in [6.07, 6.45) is 0. The first-order valence-electron chi connectivity index (χ1n) is 8.90. The van der Waals surface area contributed by atoms with Gasteiger partial charge in [0, 0.05) is 17.8 Å². The van der Waals surface area contributed by atoms with Crippen molar-refractivity contribution in [3.05, 3.63) is 59.9 Å². The van der Waals surface area contributed by atoms with E-state index in [1.165, 1.54) is 24.3 Å². The number of nitrogens with zero attached hydrogens (tertiary/aromatic N) is 1. The normalized spacial score (nSPS) is 10.6. The number of benzene rings is 2. The molecule has 28 heavy (non-hydrogen) atoms. The molecule has 0 unspecified atom stereocenters. The predicted molar refractivity (Wildman–Crippen MR) is 121 cm³/mol. The molecule has 0 bridgehead atoms. The van der Waals surface area contributed by atoms with Crippen LogP contribution < -0.4 is 20.7 Å². The maximum atomic E-state index is 12.9. The molecule has 0 saturated carbocycles. The van der Waals surface area contributed by atoms with Crippen molar-refractivity contribution in [2.75, 3.05) is 25.0 Å². The van der Waals surface area contributed by atoms with Crippen molar-refractivity contribution in [1.82, 2.24) is 10.6 Å². The largest absolute Gasteiger partial charge is 0.494 e. The van der Waals surface area contributed by atoms with Gasteiger partial charge in [0.25, 0.3) is 0 Å². The number of aliphatic imine (C=N–C) groups is 1. The van der Waals surface area contributed by atoms with Crippen molar-refractivity contribution in [3.63, 3.8) is 0 Å². The minimum atomic E-state index is -0.347. The second-order valence-corrected chi connectivity index (χ2v) is 5.64. The SMILES string of the molecule is CCNC(=NCc1ccccc1OCC)NCC(=O)Nc1ccc(F)cc1.I. The quantitative estimate of drug-likeness (QED) is 0.295. The first kappa shape index (κ1) is 23.7. The Morgan fingerprint density at radius 2 is 1.79 bits per heavy atom. The van der Waals surface area contributed by atoms with E-state index in [4.69, 9.17) is 4.74 Å². The minimum absolute atomic E-state index is 0. The third-order valence-corrected chi connectivity index (χ3v) is 3.57. The number of halogens is 2. The number of ether oxygens (including phenoxy) is 1. The van der Waals surface area contributed by atoms with E-state index in [0.29, 0.717) is 31.3 Å². The lowest BCUT2D eigenvalue weighted by Crippen LogP contribution is -2.41. The molecule has 6 nitrogen and oxygen atoms in total. The summed E-state index contributed by atoms with van der Waals surface area (Å²) in [5.74, 6) is 0.730. The molecule has 0 atom stereocenters. The number of hydrogen-bond donors (Lipinski definition) is 3. The van der Waals surface area contributed by atoms with Gasteiger partial charge in [0.05, 0.1) is 19.7 Å². The molecule has 2 rings (SSSR count). The Hall–Kier alpha value is -2.36. The zero-order chi connectivity index (χ0) is 19.5. The lowest BCUT2D eigenvalue weighted by molar-refractivity contribution is -0.115. The van der Waals surface area contributed by atoms with E-state index in [2.05, 4.69) is 20.9 Å². The summed E-state index contributed by atoms with van der Waals surface area (Å²) in [4.78, 5) is 16.6. The minimum Gasteiger partial charge on any atom is -0.494 e. The summed E-state index contributed by atoms with van der Waals surface area (Å²) in [7, 11) is 0. The van der Waals surface area contributed by atoms with Crippen LogP contribution in [0.2, 0.25) is 0 Å². The lowest BCUT2D eigenvalue weighted by Gasteiger charge is -2.12. The third kappa shape index (κ3) is 8.12. The summed E-state index contributed by atoms with van der Waals surface area (Å²) < 4.78 is 18.5. The maximum Gasteiger partial charge on any atom is 0.243 e. The Bertz CT molecular complexity index is 769. The van der Waals surface area contributed by atoms with Gasteiger partial charge < -0.3 is 20.7 Å². The summed E-state index contributed by atoms with van der Waals surface area (Å²) in [5.41, 5.74) is 1.50. The highest BCUT2D eigenvalue weighted by molar-refractivity contribution is 14.0. The molecule has 2 aromatic rings. The fourth-order valence-electron chi connectivity index (χ4n) is 2.34. The van der Waals surface area contributed by atoms with Crippen molar-refractivity contribution in [2.24, 2.45) is 4.99 Å². The van der Waals surface area contributed by atoms with Gasteiger partial charge in [-0.05, 0) is 44.2 Å². The van der Waals surface area contributed by atoms with Crippen LogP contribution in [0.3, 0.4) is 0 Å². The molecule has 0 fully saturated rings. The Morgan fingerprint density at radius 3 is 2.46 bits per heavy atom. The van der Waals surface area contributed by atoms with Crippen LogP contribution in [-0.4, -0.2) is 31.6 Å². The van der Waals surface area contributed by atoms with E-state index in [0.717, 1.165) is 11.3 Å². The van der Waals surface area contributed by atoms with Gasteiger partial charge in [0.2, 0.25) is 5.91 Å². The molecule has 3 N–H and O–H groups in total. The van der Waals surface area contributed by atoms with Crippen LogP contribution >= 0.6 is 24.0 Å². The molecule has 0 radical (unpaired) electrons. The van der Waals surface area contributed by atoms with Crippen LogP contribution in [0.15, 0.2) is 53.5 Å². The molecule has 152 valence electrons. The first-order valence-corrected chi connectivity index (χ1v) is 8.90. The van der Waals surface area contributed by atoms with Crippen molar-refractivity contribution in [3.8, 4) is 5.75 Å². The Kier molecular flexibility index (Phi) is 10.9. The highest BCUT2D eigenvalue weighted by Gasteiger charge is 2.06. The van der Waals surface area contributed by atoms with E-state index >= 15 is 0 Å². The first-order chi connectivity index (χ1) is 13.1. The van der Waals surface area contributed by atoms with Crippen molar-refractivity contribution in [1.29, 1.82) is 0 Å². The fourth-order valence-corrected chi connectivity index (χ4v) is 2.34. The van der Waals surface area contributed by atoms with E-state index in [1.807, 2.05) is 38.1 Å². The molecule has 8 heteroatoms. The fraction of sp³-hybridized carbons (Fsp3) is 0.300. The van der Waals surface area contributed by atoms with Gasteiger partial charge in [-0.2, -0.15) is 0 Å². The van der Waals surface area contributed by atoms with Gasteiger partial charge >= 0.3 is 0 Å². The molecule has 0 aliphatic heterocycles. The molecular weight excluding hydrogens is 474 g/mol. The summed E-state index contributed by atoms with van der Waals surface area (Å²) >= 11 is 0. The number of hydrogen-bond acceptors (Lipinski definition) is 3. The number of carbonyl (C=O) groups is 1. The van der Waals surface area contributed by atoms with Gasteiger partial charge in [0.15, 0.2) is 5.96 Å². The van der Waals surface area contributed by atoms with E-state index in [-0.39, 0.29) is 42.2 Å². The molecule has 0 aliphatic rings. The van der Waals surface area contributed by atoms with E-state index in [9.17, 15) is 9.18 Å². The van der Waals surface area contributed by atoms with Crippen LogP contribution in [0.1, 0.15) is 19.4 Å². The van der Waals surface area contributed by atoms with Gasteiger partial charge in [-0.15, -0.1) is 24.0 Å². The Labute approximate surface area is 182 Å². The number of carbonyl (C=O) groups excluding carboxylic acids is 1. The topological polar surface area (TPSA) is 74.8 Å². The third-order valence-electron chi connectivity index (χ3n) is 3.57. The van der Waals surface area contributed by atoms with Crippen molar-refractivity contribution < 1.29 is 13.9 Å². The standard InChI is InChI=1S/C20H25FN4O2.HI/c1-3-22-20(23-13-15-7-5-6-8-18(15)27-4-2)24-14-19(26)25-17-11-9-16(21)10-12-17;/h5-12H,3-4,13-14H2,1-2H3,(H,25,26)(H2,22,23,24);1H. The van der Waals surface area contributed by atoms with Gasteiger partial charge in [0.1, 0.15) is 11.6 Å². The molecule has 0 heterocycles. The second-order valence-electron chi connectivity index (χ2n) is 5.64. The Morgan fingerprint density at radius 1 is 1.07 bits per heavy atom. The Balaban J connectivity index is 0.00000392. The van der Waals surface area contributed by atoms with Crippen LogP contribution in [0.5, 0.6) is 5.75 Å². The summed E-state index contributed by atoms with van der Waals surface area (Å²) in [6.45, 7) is 5.60. The van der Waals surface area contributed by atoms with Crippen LogP contribution in [0, 0.1) is 5.82 Å². The highest BCUT2D eigenvalue weighted by Crippen LogP contribution is 2.18. The van der Waals surface area contributed by atoms with Gasteiger partial charge in [-0.3, -0.25) is 4.79 Å². The molecule has 0 aromatic heterocycles. The lowest BCUT2D eigenvalue weighted by atomic mass is 10.2. The van der Waals surface area contributed by atoms with E-state index in [1.54, 1.807) is 0 Å². The number of para-hydroxylation sites is 1. The molecule has 0 saturated heterocycles. The maximum absolute atomic E-state index is 12.9. The highest BCUT2D eigenvalue weighted by atomic mass is 127. The average Bonchev–Trinajstić information content (AvgIpc) is 2.67. The molecule has 2 aromatic carbocycles. The van der Waals surface area contributed by atoms with Crippen molar-refractivity contribution >= 4 is 41.5 Å². The summed E-state index contributed by atoms with van der Waals surface area (Å²) in [6, 6.07) is 13.3. The number of guanidine groups is 1. The number of rotatable bonds is 8. The van der Waals surface area contributed by atoms with Crippen LogP contribution in [-0.2, 0) is 11.3 Å². The smallest absolute Gasteiger partial charge is 0.243 e. The molecule has 1 amide bonds. The zero-order valence-electron chi connectivity index (χ0n) is 16.0. The molecule has 0 spiro atoms. The summed E-state index contributed by atoms with van der Waals surface area (Å²) in [5, 5.41) is 8.78. The molecule has 0 aliphatic carbocycles. The van der Waals surface area contributed by atoms with Crippen LogP contribution in [0.25, 0.3) is 0 Å². The average molecular weight is 500 g/mol. The second kappa shape index (κ2) is 12.9. The van der Waals surface area contributed by atoms with E-state index < -0.39 is 0 Å². The number of nitrogens with one attached hydrogen (secondary N) is 3. The van der Waals surface area contributed by atoms with Crippen molar-refractivity contribution in [2.45, 2.75) is 20.4 Å². The number of anilines is 1. The predicted octanol–water partition coefficient (Wildman–Crippen LogP) is 3.54. The zero-order valence-corrected chi connectivity index (χ0v) is 18.3. The van der Waals surface area contributed by atoms with Crippen LogP contribution in [0.4, 0.5) is 10.1 Å².